The summed E-state index contributed by atoms with van der Waals surface area (Å²) in [5, 5.41) is 12.6. The van der Waals surface area contributed by atoms with Crippen LogP contribution in [0.1, 0.15) is 15.9 Å². The molecule has 0 heterocycles. The van der Waals surface area contributed by atoms with Crippen LogP contribution in [0.4, 0.5) is 0 Å². The highest BCUT2D eigenvalue weighted by Crippen LogP contribution is 2.38. The van der Waals surface area contributed by atoms with Crippen molar-refractivity contribution < 1.29 is 24.2 Å². The lowest BCUT2D eigenvalue weighted by atomic mass is 10.1. The maximum absolute atomic E-state index is 11.8. The zero-order chi connectivity index (χ0) is 19.1. The van der Waals surface area contributed by atoms with Gasteiger partial charge in [0.2, 0.25) is 0 Å². The van der Waals surface area contributed by atoms with E-state index in [1.807, 2.05) is 0 Å². The van der Waals surface area contributed by atoms with Crippen LogP contribution in [0.3, 0.4) is 0 Å². The first-order chi connectivity index (χ1) is 12.4. The Kier molecular flexibility index (Phi) is 7.16. The molecule has 0 bridgehead atoms. The first-order valence-electron chi connectivity index (χ1n) is 7.22. The molecule has 0 aliphatic rings. The zero-order valence-corrected chi connectivity index (χ0v) is 16.7. The van der Waals surface area contributed by atoms with Crippen molar-refractivity contribution in [1.29, 1.82) is 0 Å². The summed E-state index contributed by atoms with van der Waals surface area (Å²) in [5.41, 5.74) is 3.15. The number of halogens is 2. The van der Waals surface area contributed by atoms with Gasteiger partial charge in [0.05, 0.1) is 23.4 Å². The smallest absolute Gasteiger partial charge is 0.335 e. The van der Waals surface area contributed by atoms with Crippen LogP contribution in [0.15, 0.2) is 50.4 Å². The van der Waals surface area contributed by atoms with Crippen LogP contribution in [0, 0.1) is 0 Å². The minimum atomic E-state index is -1.01. The normalized spacial score (nSPS) is 10.6. The number of carboxylic acid groups (broad SMARTS) is 1. The number of hydrazone groups is 1. The molecule has 1 amide bonds. The van der Waals surface area contributed by atoms with Crippen molar-refractivity contribution in [2.24, 2.45) is 5.10 Å². The number of nitrogens with one attached hydrogen (secondary N) is 1. The number of aromatic carboxylic acids is 1. The molecule has 2 rings (SSSR count). The van der Waals surface area contributed by atoms with Gasteiger partial charge in [-0.25, -0.2) is 10.2 Å². The van der Waals surface area contributed by atoms with Gasteiger partial charge in [0.15, 0.2) is 18.1 Å². The Bertz CT molecular complexity index is 838. The molecular formula is C17H14Br2N2O5. The van der Waals surface area contributed by atoms with Crippen molar-refractivity contribution in [2.75, 3.05) is 13.7 Å². The molecule has 136 valence electrons. The fourth-order valence-corrected chi connectivity index (χ4v) is 3.19. The van der Waals surface area contributed by atoms with Crippen LogP contribution >= 0.6 is 31.9 Å². The van der Waals surface area contributed by atoms with Crippen molar-refractivity contribution in [3.63, 3.8) is 0 Å². The van der Waals surface area contributed by atoms with E-state index >= 15 is 0 Å². The third kappa shape index (κ3) is 5.57. The molecule has 26 heavy (non-hydrogen) atoms. The highest BCUT2D eigenvalue weighted by Gasteiger charge is 2.12. The molecule has 0 unspecified atom stereocenters. The number of carbonyl (C=O) groups excluding carboxylic acids is 1. The molecule has 9 heteroatoms. The summed E-state index contributed by atoms with van der Waals surface area (Å²) in [6.45, 7) is -0.258. The molecule has 2 aromatic carbocycles. The lowest BCUT2D eigenvalue weighted by molar-refractivity contribution is -0.123. The molecule has 0 spiro atoms. The van der Waals surface area contributed by atoms with Gasteiger partial charge in [0.25, 0.3) is 5.91 Å². The van der Waals surface area contributed by atoms with Crippen LogP contribution in [-0.2, 0) is 4.79 Å². The standard InChI is InChI=1S/C17H14Br2N2O5/c1-25-14-7-12(18)6-13(19)16(14)26-9-15(22)21-20-8-10-2-4-11(5-3-10)17(23)24/h2-8H,9H2,1H3,(H,21,22)(H,23,24)/b20-8-. The fraction of sp³-hybridized carbons (Fsp3) is 0.118. The lowest BCUT2D eigenvalue weighted by Crippen LogP contribution is -2.24. The third-order valence-electron chi connectivity index (χ3n) is 3.10. The fourth-order valence-electron chi connectivity index (χ4n) is 1.89. The molecule has 2 N–H and O–H groups in total. The van der Waals surface area contributed by atoms with Gasteiger partial charge in [-0.05, 0) is 45.8 Å². The van der Waals surface area contributed by atoms with E-state index in [1.54, 1.807) is 24.3 Å². The average molecular weight is 486 g/mol. The Labute approximate surface area is 166 Å². The van der Waals surface area contributed by atoms with Gasteiger partial charge < -0.3 is 14.6 Å². The number of methoxy groups -OCH3 is 1. The monoisotopic (exact) mass is 484 g/mol. The van der Waals surface area contributed by atoms with E-state index in [1.165, 1.54) is 25.5 Å². The largest absolute Gasteiger partial charge is 0.493 e. The SMILES string of the molecule is COc1cc(Br)cc(Br)c1OCC(=O)N/N=C\c1ccc(C(=O)O)cc1. The molecule has 0 aliphatic carbocycles. The van der Waals surface area contributed by atoms with E-state index in [0.717, 1.165) is 4.47 Å². The lowest BCUT2D eigenvalue weighted by Gasteiger charge is -2.12. The Balaban J connectivity index is 1.90. The second kappa shape index (κ2) is 9.35. The van der Waals surface area contributed by atoms with Crippen LogP contribution in [0.2, 0.25) is 0 Å². The Hall–Kier alpha value is -2.39. The van der Waals surface area contributed by atoms with Crippen LogP contribution in [-0.4, -0.2) is 36.9 Å². The highest BCUT2D eigenvalue weighted by molar-refractivity contribution is 9.11. The summed E-state index contributed by atoms with van der Waals surface area (Å²) in [6.07, 6.45) is 1.40. The minimum absolute atomic E-state index is 0.175. The predicted octanol–water partition coefficient (Wildman–Crippen LogP) is 3.45. The minimum Gasteiger partial charge on any atom is -0.493 e. The van der Waals surface area contributed by atoms with Gasteiger partial charge in [-0.15, -0.1) is 0 Å². The van der Waals surface area contributed by atoms with Crippen LogP contribution in [0.25, 0.3) is 0 Å². The molecule has 0 aliphatic heterocycles. The second-order valence-electron chi connectivity index (χ2n) is 4.93. The summed E-state index contributed by atoms with van der Waals surface area (Å²) < 4.78 is 12.1. The first-order valence-corrected chi connectivity index (χ1v) is 8.80. The second-order valence-corrected chi connectivity index (χ2v) is 6.70. The van der Waals surface area contributed by atoms with Gasteiger partial charge in [0.1, 0.15) is 0 Å². The number of benzene rings is 2. The topological polar surface area (TPSA) is 97.2 Å². The maximum atomic E-state index is 11.8. The van der Waals surface area contributed by atoms with E-state index in [2.05, 4.69) is 42.4 Å². The predicted molar refractivity (Wildman–Crippen MR) is 103 cm³/mol. The van der Waals surface area contributed by atoms with Crippen molar-refractivity contribution in [1.82, 2.24) is 5.43 Å². The van der Waals surface area contributed by atoms with Crippen molar-refractivity contribution >= 4 is 50.0 Å². The van der Waals surface area contributed by atoms with Crippen molar-refractivity contribution in [2.45, 2.75) is 0 Å². The number of nitrogens with zero attached hydrogens (tertiary/aromatic N) is 1. The number of hydrogen-bond donors (Lipinski definition) is 2. The number of carbonyl (C=O) groups is 2. The zero-order valence-electron chi connectivity index (χ0n) is 13.5. The van der Waals surface area contributed by atoms with E-state index < -0.39 is 11.9 Å². The van der Waals surface area contributed by atoms with E-state index in [9.17, 15) is 9.59 Å². The third-order valence-corrected chi connectivity index (χ3v) is 4.15. The quantitative estimate of drug-likeness (QED) is 0.462. The highest BCUT2D eigenvalue weighted by atomic mass is 79.9. The van der Waals surface area contributed by atoms with Crippen LogP contribution in [0.5, 0.6) is 11.5 Å². The van der Waals surface area contributed by atoms with Crippen molar-refractivity contribution in [3.05, 3.63) is 56.5 Å². The molecule has 0 radical (unpaired) electrons. The molecular weight excluding hydrogens is 472 g/mol. The van der Waals surface area contributed by atoms with Gasteiger partial charge in [0, 0.05) is 4.47 Å². The molecule has 7 nitrogen and oxygen atoms in total. The molecule has 0 fully saturated rings. The Morgan fingerprint density at radius 1 is 1.23 bits per heavy atom. The number of ether oxygens (including phenoxy) is 2. The van der Waals surface area contributed by atoms with Crippen LogP contribution < -0.4 is 14.9 Å². The van der Waals surface area contributed by atoms with Gasteiger partial charge >= 0.3 is 5.97 Å². The number of hydrogen-bond acceptors (Lipinski definition) is 5. The summed E-state index contributed by atoms with van der Waals surface area (Å²) in [4.78, 5) is 22.6. The first kappa shape index (κ1) is 19.9. The number of rotatable bonds is 7. The number of amides is 1. The van der Waals surface area contributed by atoms with Gasteiger partial charge in [-0.1, -0.05) is 28.1 Å². The van der Waals surface area contributed by atoms with Crippen molar-refractivity contribution in [3.8, 4) is 11.5 Å². The van der Waals surface area contributed by atoms with E-state index in [-0.39, 0.29) is 12.2 Å². The van der Waals surface area contributed by atoms with E-state index in [0.29, 0.717) is 21.5 Å². The molecule has 0 saturated carbocycles. The number of carboxylic acids is 1. The summed E-state index contributed by atoms with van der Waals surface area (Å²) >= 11 is 6.69. The molecule has 2 aromatic rings. The maximum Gasteiger partial charge on any atom is 0.335 e. The summed E-state index contributed by atoms with van der Waals surface area (Å²) in [6, 6.07) is 9.56. The Morgan fingerprint density at radius 3 is 2.54 bits per heavy atom. The molecule has 0 aromatic heterocycles. The van der Waals surface area contributed by atoms with Gasteiger partial charge in [-0.2, -0.15) is 5.10 Å². The Morgan fingerprint density at radius 2 is 1.92 bits per heavy atom. The molecule has 0 atom stereocenters. The average Bonchev–Trinajstić information content (AvgIpc) is 2.60. The molecule has 0 saturated heterocycles. The van der Waals surface area contributed by atoms with Gasteiger partial charge in [-0.3, -0.25) is 4.79 Å². The summed E-state index contributed by atoms with van der Waals surface area (Å²) in [5.74, 6) is -0.589. The van der Waals surface area contributed by atoms with E-state index in [4.69, 9.17) is 14.6 Å². The summed E-state index contributed by atoms with van der Waals surface area (Å²) in [7, 11) is 1.50.